The average molecular weight is 220 g/mol. The molecule has 1 amide bonds. The highest BCUT2D eigenvalue weighted by Crippen LogP contribution is 2.23. The molecule has 1 fully saturated rings. The second kappa shape index (κ2) is 4.27. The fraction of sp³-hybridized carbons (Fsp3) is 0.875. The fourth-order valence-electron chi connectivity index (χ4n) is 1.82. The van der Waals surface area contributed by atoms with Gasteiger partial charge >= 0.3 is 0 Å². The lowest BCUT2D eigenvalue weighted by molar-refractivity contribution is -0.115. The Morgan fingerprint density at radius 1 is 1.36 bits per heavy atom. The summed E-state index contributed by atoms with van der Waals surface area (Å²) in [5.74, 6) is -1.34. The Labute approximate surface area is 83.8 Å². The van der Waals surface area contributed by atoms with Crippen LogP contribution in [-0.4, -0.2) is 31.4 Å². The second-order valence-electron chi connectivity index (χ2n) is 3.82. The first-order chi connectivity index (χ1) is 6.42. The van der Waals surface area contributed by atoms with E-state index in [1.54, 1.807) is 0 Å². The molecule has 2 unspecified atom stereocenters. The first-order valence-electron chi connectivity index (χ1n) is 4.67. The number of carbonyl (C=O) groups is 1. The van der Waals surface area contributed by atoms with Crippen LogP contribution in [0.1, 0.15) is 25.7 Å². The summed E-state index contributed by atoms with van der Waals surface area (Å²) < 4.78 is 23.2. The third kappa shape index (κ3) is 2.95. The van der Waals surface area contributed by atoms with Gasteiger partial charge < -0.3 is 11.5 Å². The van der Waals surface area contributed by atoms with E-state index >= 15 is 0 Å². The van der Waals surface area contributed by atoms with Gasteiger partial charge in [-0.05, 0) is 19.3 Å². The van der Waals surface area contributed by atoms with Crippen LogP contribution < -0.4 is 11.5 Å². The number of rotatable bonds is 3. The standard InChI is InChI=1S/C8H16N2O3S/c9-6-2-1-3-7(4-6)14(12,13)5-8(10)11/h6-7H,1-5,9H2,(H2,10,11). The van der Waals surface area contributed by atoms with Gasteiger partial charge in [0.1, 0.15) is 5.75 Å². The number of primary amides is 1. The molecule has 0 spiro atoms. The molecule has 0 aromatic heterocycles. The summed E-state index contributed by atoms with van der Waals surface area (Å²) in [5.41, 5.74) is 10.5. The summed E-state index contributed by atoms with van der Waals surface area (Å²) in [6, 6.07) is -0.0589. The number of carbonyl (C=O) groups excluding carboxylic acids is 1. The first-order valence-corrected chi connectivity index (χ1v) is 6.39. The molecule has 6 heteroatoms. The van der Waals surface area contributed by atoms with Crippen LogP contribution in [0.3, 0.4) is 0 Å². The van der Waals surface area contributed by atoms with Gasteiger partial charge in [-0.2, -0.15) is 0 Å². The first kappa shape index (κ1) is 11.5. The summed E-state index contributed by atoms with van der Waals surface area (Å²) >= 11 is 0. The SMILES string of the molecule is NC(=O)CS(=O)(=O)C1CCCC(N)C1. The minimum atomic E-state index is -3.37. The molecule has 4 N–H and O–H groups in total. The van der Waals surface area contributed by atoms with Crippen molar-refractivity contribution in [1.82, 2.24) is 0 Å². The van der Waals surface area contributed by atoms with Crippen molar-refractivity contribution in [2.24, 2.45) is 11.5 Å². The summed E-state index contributed by atoms with van der Waals surface area (Å²) in [6.07, 6.45) is 2.73. The van der Waals surface area contributed by atoms with E-state index in [0.717, 1.165) is 12.8 Å². The van der Waals surface area contributed by atoms with Crippen LogP contribution in [0.15, 0.2) is 0 Å². The number of nitrogens with two attached hydrogens (primary N) is 2. The Hall–Kier alpha value is -0.620. The normalized spacial score (nSPS) is 28.6. The van der Waals surface area contributed by atoms with Gasteiger partial charge in [0.05, 0.1) is 5.25 Å². The Balaban J connectivity index is 2.67. The van der Waals surface area contributed by atoms with Gasteiger partial charge in [0, 0.05) is 6.04 Å². The van der Waals surface area contributed by atoms with Crippen LogP contribution in [-0.2, 0) is 14.6 Å². The van der Waals surface area contributed by atoms with Crippen molar-refractivity contribution in [2.75, 3.05) is 5.75 Å². The van der Waals surface area contributed by atoms with Crippen molar-refractivity contribution in [3.05, 3.63) is 0 Å². The maximum Gasteiger partial charge on any atom is 0.232 e. The fourth-order valence-corrected chi connectivity index (χ4v) is 3.52. The molecule has 1 aliphatic carbocycles. The van der Waals surface area contributed by atoms with E-state index < -0.39 is 26.7 Å². The number of hydrogen-bond acceptors (Lipinski definition) is 4. The van der Waals surface area contributed by atoms with E-state index in [0.29, 0.717) is 12.8 Å². The zero-order chi connectivity index (χ0) is 10.8. The average Bonchev–Trinajstić information content (AvgIpc) is 2.01. The Kier molecular flexibility index (Phi) is 3.49. The van der Waals surface area contributed by atoms with Crippen LogP contribution in [0, 0.1) is 0 Å². The van der Waals surface area contributed by atoms with Gasteiger partial charge in [-0.1, -0.05) is 6.42 Å². The third-order valence-electron chi connectivity index (χ3n) is 2.52. The highest BCUT2D eigenvalue weighted by Gasteiger charge is 2.31. The molecule has 1 aliphatic rings. The molecule has 2 atom stereocenters. The quantitative estimate of drug-likeness (QED) is 0.647. The zero-order valence-electron chi connectivity index (χ0n) is 7.98. The summed E-state index contributed by atoms with van der Waals surface area (Å²) in [4.78, 5) is 10.6. The van der Waals surface area contributed by atoms with Crippen molar-refractivity contribution in [3.8, 4) is 0 Å². The lowest BCUT2D eigenvalue weighted by Crippen LogP contribution is -2.38. The summed E-state index contributed by atoms with van der Waals surface area (Å²) in [6.45, 7) is 0. The molecule has 0 bridgehead atoms. The molecule has 5 nitrogen and oxygen atoms in total. The van der Waals surface area contributed by atoms with Crippen LogP contribution in [0.25, 0.3) is 0 Å². The van der Waals surface area contributed by atoms with Crippen molar-refractivity contribution in [2.45, 2.75) is 37.0 Å². The summed E-state index contributed by atoms with van der Waals surface area (Å²) in [5, 5.41) is -0.473. The topological polar surface area (TPSA) is 103 Å². The van der Waals surface area contributed by atoms with Gasteiger partial charge in [0.25, 0.3) is 0 Å². The predicted octanol–water partition coefficient (Wildman–Crippen LogP) is -0.844. The zero-order valence-corrected chi connectivity index (χ0v) is 8.79. The minimum Gasteiger partial charge on any atom is -0.369 e. The smallest absolute Gasteiger partial charge is 0.232 e. The van der Waals surface area contributed by atoms with Gasteiger partial charge in [0.2, 0.25) is 5.91 Å². The van der Waals surface area contributed by atoms with E-state index in [1.807, 2.05) is 0 Å². The minimum absolute atomic E-state index is 0.0589. The maximum atomic E-state index is 11.6. The molecule has 0 aliphatic heterocycles. The largest absolute Gasteiger partial charge is 0.369 e. The Morgan fingerprint density at radius 2 is 2.00 bits per heavy atom. The van der Waals surface area contributed by atoms with Crippen LogP contribution >= 0.6 is 0 Å². The van der Waals surface area contributed by atoms with Gasteiger partial charge in [-0.25, -0.2) is 8.42 Å². The van der Waals surface area contributed by atoms with Crippen LogP contribution in [0.2, 0.25) is 0 Å². The highest BCUT2D eigenvalue weighted by molar-refractivity contribution is 7.92. The van der Waals surface area contributed by atoms with E-state index in [-0.39, 0.29) is 6.04 Å². The van der Waals surface area contributed by atoms with Crippen LogP contribution in [0.4, 0.5) is 0 Å². The van der Waals surface area contributed by atoms with E-state index in [4.69, 9.17) is 11.5 Å². The Morgan fingerprint density at radius 3 is 2.50 bits per heavy atom. The number of hydrogen-bond donors (Lipinski definition) is 2. The number of sulfone groups is 1. The van der Waals surface area contributed by atoms with Crippen LogP contribution in [0.5, 0.6) is 0 Å². The van der Waals surface area contributed by atoms with E-state index in [2.05, 4.69) is 0 Å². The molecule has 0 aromatic carbocycles. The second-order valence-corrected chi connectivity index (χ2v) is 6.10. The lowest BCUT2D eigenvalue weighted by atomic mass is 9.96. The monoisotopic (exact) mass is 220 g/mol. The highest BCUT2D eigenvalue weighted by atomic mass is 32.2. The van der Waals surface area contributed by atoms with E-state index in [1.165, 1.54) is 0 Å². The van der Waals surface area contributed by atoms with E-state index in [9.17, 15) is 13.2 Å². The third-order valence-corrected chi connectivity index (χ3v) is 4.65. The molecule has 0 radical (unpaired) electrons. The predicted molar refractivity (Wildman–Crippen MR) is 53.2 cm³/mol. The van der Waals surface area contributed by atoms with Gasteiger partial charge in [0.15, 0.2) is 9.84 Å². The molecule has 1 rings (SSSR count). The maximum absolute atomic E-state index is 11.6. The Bertz CT molecular complexity index is 313. The van der Waals surface area contributed by atoms with Crippen molar-refractivity contribution in [1.29, 1.82) is 0 Å². The molecule has 0 saturated heterocycles. The van der Waals surface area contributed by atoms with Gasteiger partial charge in [-0.15, -0.1) is 0 Å². The van der Waals surface area contributed by atoms with Gasteiger partial charge in [-0.3, -0.25) is 4.79 Å². The molecule has 14 heavy (non-hydrogen) atoms. The van der Waals surface area contributed by atoms with Crippen molar-refractivity contribution < 1.29 is 13.2 Å². The number of amides is 1. The van der Waals surface area contributed by atoms with Crippen molar-refractivity contribution in [3.63, 3.8) is 0 Å². The molecule has 0 heterocycles. The molecular formula is C8H16N2O3S. The van der Waals surface area contributed by atoms with Crippen molar-refractivity contribution >= 4 is 15.7 Å². The summed E-state index contributed by atoms with van der Waals surface area (Å²) in [7, 11) is -3.37. The molecular weight excluding hydrogens is 204 g/mol. The molecule has 1 saturated carbocycles. The molecule has 82 valence electrons. The molecule has 0 aromatic rings. The lowest BCUT2D eigenvalue weighted by Gasteiger charge is -2.25.